The minimum Gasteiger partial charge on any atom is -0.365 e. The normalized spacial score (nSPS) is 19.1. The topological polar surface area (TPSA) is 159 Å². The van der Waals surface area contributed by atoms with Crippen LogP contribution in [0, 0.1) is 5.92 Å². The van der Waals surface area contributed by atoms with Crippen LogP contribution in [0.15, 0.2) is 21.0 Å². The molecule has 1 aliphatic heterocycles. The van der Waals surface area contributed by atoms with E-state index in [2.05, 4.69) is 51.6 Å². The molecule has 0 spiro atoms. The summed E-state index contributed by atoms with van der Waals surface area (Å²) in [7, 11) is 3.61. The molecule has 12 nitrogen and oxygen atoms in total. The minimum absolute atomic E-state index is 0.154. The van der Waals surface area contributed by atoms with E-state index in [1.165, 1.54) is 45.8 Å². The molecule has 2 amide bonds. The number of thiazole rings is 2. The molecule has 3 aromatic heterocycles. The van der Waals surface area contributed by atoms with Gasteiger partial charge >= 0.3 is 0 Å². The quantitative estimate of drug-likeness (QED) is 0.285. The van der Waals surface area contributed by atoms with Gasteiger partial charge in [-0.3, -0.25) is 9.59 Å². The summed E-state index contributed by atoms with van der Waals surface area (Å²) in [5, 5.41) is 36.3. The molecule has 1 fully saturated rings. The molecule has 1 saturated carbocycles. The summed E-state index contributed by atoms with van der Waals surface area (Å²) in [5.41, 5.74) is 2.49. The maximum atomic E-state index is 12.4. The first-order valence-corrected chi connectivity index (χ1v) is 16.0. The number of thioether (sulfide) groups is 1. The molecular weight excluding hydrogens is 577 g/mol. The summed E-state index contributed by atoms with van der Waals surface area (Å²) >= 11 is 5.87. The summed E-state index contributed by atoms with van der Waals surface area (Å²) in [4.78, 5) is 33.5. The summed E-state index contributed by atoms with van der Waals surface area (Å²) in [5.74, 6) is 0.956. The average molecular weight is 605 g/mol. The van der Waals surface area contributed by atoms with Crippen LogP contribution in [0.3, 0.4) is 0 Å². The van der Waals surface area contributed by atoms with Crippen molar-refractivity contribution in [3.05, 3.63) is 27.2 Å². The molecule has 2 atom stereocenters. The van der Waals surface area contributed by atoms with E-state index in [0.29, 0.717) is 22.0 Å². The molecule has 0 aromatic carbocycles. The van der Waals surface area contributed by atoms with Crippen LogP contribution in [-0.2, 0) is 22.4 Å². The zero-order chi connectivity index (χ0) is 27.2. The first kappa shape index (κ1) is 27.6. The molecule has 3 aromatic rings. The Balaban J connectivity index is 1.12. The third kappa shape index (κ3) is 7.38. The highest BCUT2D eigenvalue weighted by Gasteiger charge is 2.30. The van der Waals surface area contributed by atoms with E-state index in [4.69, 9.17) is 0 Å². The van der Waals surface area contributed by atoms with Crippen molar-refractivity contribution in [1.82, 2.24) is 25.5 Å². The molecule has 4 heterocycles. The number of nitrogens with one attached hydrogen (secondary N) is 4. The number of aromatic nitrogens is 4. The molecule has 4 N–H and O–H groups in total. The molecular formula is C23H28N10O2S4. The van der Waals surface area contributed by atoms with Crippen molar-refractivity contribution in [2.75, 3.05) is 35.8 Å². The Labute approximate surface area is 241 Å². The van der Waals surface area contributed by atoms with Crippen LogP contribution in [0.25, 0.3) is 0 Å². The van der Waals surface area contributed by atoms with E-state index >= 15 is 0 Å². The lowest BCUT2D eigenvalue weighted by Gasteiger charge is -2.29. The van der Waals surface area contributed by atoms with Crippen molar-refractivity contribution in [2.45, 2.75) is 44.4 Å². The molecule has 0 unspecified atom stereocenters. The predicted molar refractivity (Wildman–Crippen MR) is 159 cm³/mol. The van der Waals surface area contributed by atoms with Gasteiger partial charge in [-0.15, -0.1) is 38.0 Å². The Morgan fingerprint density at radius 3 is 2.15 bits per heavy atom. The van der Waals surface area contributed by atoms with E-state index in [0.717, 1.165) is 58.1 Å². The van der Waals surface area contributed by atoms with Crippen LogP contribution in [0.2, 0.25) is 0 Å². The van der Waals surface area contributed by atoms with Crippen molar-refractivity contribution in [3.63, 3.8) is 0 Å². The number of hydrogen-bond donors (Lipinski definition) is 4. The summed E-state index contributed by atoms with van der Waals surface area (Å²) in [6.07, 6.45) is 4.46. The number of rotatable bonds is 9. The Kier molecular flexibility index (Phi) is 9.16. The highest BCUT2D eigenvalue weighted by molar-refractivity contribution is 8.14. The highest BCUT2D eigenvalue weighted by atomic mass is 32.2. The molecule has 0 saturated heterocycles. The summed E-state index contributed by atoms with van der Waals surface area (Å²) in [6.45, 7) is 0. The van der Waals surface area contributed by atoms with Gasteiger partial charge in [0.05, 0.1) is 29.9 Å². The van der Waals surface area contributed by atoms with Gasteiger partial charge in [0, 0.05) is 42.4 Å². The second-order valence-corrected chi connectivity index (χ2v) is 12.7. The molecule has 2 aliphatic rings. The van der Waals surface area contributed by atoms with Gasteiger partial charge in [-0.05, 0) is 19.3 Å². The van der Waals surface area contributed by atoms with Crippen LogP contribution in [0.1, 0.15) is 48.0 Å². The SMILES string of the molecule is CNc1nc(CC(=O)NC2=NN=C([C@H]3CCC[C@H](c4nnc(NC(=O)Cc5csc(NC)n5)s4)C3)CS2)cs1. The molecule has 5 rings (SSSR count). The standard InChI is InChI=1S/C23H28N10O2S4/c1-24-20-26-14(9-36-20)7-17(34)28-22-32-30-16(11-38-22)12-4-3-5-13(6-12)19-31-33-23(39-19)29-18(35)8-15-10-37-21(25-2)27-15/h9-10,12-13H,3-8,11H2,1-2H3,(H,24,26)(H,25,27)(H,28,32,34)(H,29,33,35)/t12-,13-/m0/s1. The molecule has 1 aliphatic carbocycles. The van der Waals surface area contributed by atoms with Crippen LogP contribution < -0.4 is 21.3 Å². The number of amides is 2. The number of amidine groups is 1. The van der Waals surface area contributed by atoms with Crippen molar-refractivity contribution in [2.24, 2.45) is 16.1 Å². The zero-order valence-corrected chi connectivity index (χ0v) is 24.7. The Morgan fingerprint density at radius 1 is 0.872 bits per heavy atom. The molecule has 206 valence electrons. The van der Waals surface area contributed by atoms with Crippen LogP contribution >= 0.6 is 45.8 Å². The number of anilines is 3. The third-order valence-electron chi connectivity index (χ3n) is 6.27. The molecule has 0 bridgehead atoms. The Bertz CT molecular complexity index is 1380. The van der Waals surface area contributed by atoms with Gasteiger partial charge in [-0.1, -0.05) is 29.5 Å². The fourth-order valence-corrected chi connectivity index (χ4v) is 7.51. The fraction of sp³-hybridized carbons (Fsp3) is 0.478. The average Bonchev–Trinajstić information content (AvgIpc) is 3.71. The molecule has 16 heteroatoms. The summed E-state index contributed by atoms with van der Waals surface area (Å²) < 4.78 is 0. The largest absolute Gasteiger partial charge is 0.365 e. The maximum Gasteiger partial charge on any atom is 0.232 e. The number of carbonyl (C=O) groups is 2. The number of hydrogen-bond acceptors (Lipinski definition) is 14. The van der Waals surface area contributed by atoms with E-state index in [9.17, 15) is 9.59 Å². The first-order valence-electron chi connectivity index (χ1n) is 12.4. The lowest BCUT2D eigenvalue weighted by Crippen LogP contribution is -2.33. The van der Waals surface area contributed by atoms with E-state index < -0.39 is 0 Å². The first-order chi connectivity index (χ1) is 19.0. The van der Waals surface area contributed by atoms with Gasteiger partial charge in [0.25, 0.3) is 0 Å². The minimum atomic E-state index is -0.157. The van der Waals surface area contributed by atoms with Crippen LogP contribution in [-0.4, -0.2) is 62.7 Å². The number of carbonyl (C=O) groups excluding carboxylic acids is 2. The van der Waals surface area contributed by atoms with E-state index in [1.807, 2.05) is 10.8 Å². The second kappa shape index (κ2) is 12.9. The highest BCUT2D eigenvalue weighted by Crippen LogP contribution is 2.39. The van der Waals surface area contributed by atoms with E-state index in [-0.39, 0.29) is 30.6 Å². The Hall–Kier alpha value is -2.95. The van der Waals surface area contributed by atoms with Gasteiger partial charge in [-0.2, -0.15) is 5.10 Å². The van der Waals surface area contributed by atoms with E-state index in [1.54, 1.807) is 14.1 Å². The van der Waals surface area contributed by atoms with Crippen LogP contribution in [0.5, 0.6) is 0 Å². The van der Waals surface area contributed by atoms with Crippen molar-refractivity contribution in [3.8, 4) is 0 Å². The summed E-state index contributed by atoms with van der Waals surface area (Å²) in [6, 6.07) is 0. The lowest BCUT2D eigenvalue weighted by atomic mass is 9.79. The van der Waals surface area contributed by atoms with Gasteiger partial charge in [-0.25, -0.2) is 9.97 Å². The van der Waals surface area contributed by atoms with Crippen molar-refractivity contribution >= 4 is 83.9 Å². The van der Waals surface area contributed by atoms with Crippen molar-refractivity contribution < 1.29 is 9.59 Å². The smallest absolute Gasteiger partial charge is 0.232 e. The Morgan fingerprint density at radius 2 is 1.54 bits per heavy atom. The number of nitrogens with zero attached hydrogens (tertiary/aromatic N) is 6. The molecule has 39 heavy (non-hydrogen) atoms. The zero-order valence-electron chi connectivity index (χ0n) is 21.4. The molecule has 0 radical (unpaired) electrons. The predicted octanol–water partition coefficient (Wildman–Crippen LogP) is 3.81. The lowest BCUT2D eigenvalue weighted by molar-refractivity contribution is -0.119. The monoisotopic (exact) mass is 604 g/mol. The van der Waals surface area contributed by atoms with Crippen molar-refractivity contribution in [1.29, 1.82) is 0 Å². The fourth-order valence-electron chi connectivity index (χ4n) is 4.40. The third-order valence-corrected chi connectivity index (χ3v) is 9.98. The van der Waals surface area contributed by atoms with Gasteiger partial charge in [0.1, 0.15) is 5.01 Å². The van der Waals surface area contributed by atoms with Gasteiger partial charge in [0.15, 0.2) is 15.4 Å². The maximum absolute atomic E-state index is 12.4. The van der Waals surface area contributed by atoms with Crippen LogP contribution in [0.4, 0.5) is 15.4 Å². The van der Waals surface area contributed by atoms with Gasteiger partial charge in [0.2, 0.25) is 16.9 Å². The second-order valence-electron chi connectivity index (χ2n) is 9.03. The van der Waals surface area contributed by atoms with Gasteiger partial charge < -0.3 is 21.3 Å².